The summed E-state index contributed by atoms with van der Waals surface area (Å²) in [4.78, 5) is 4.34. The van der Waals surface area contributed by atoms with E-state index in [0.717, 1.165) is 18.1 Å². The first-order valence-corrected chi connectivity index (χ1v) is 5.87. The van der Waals surface area contributed by atoms with Crippen LogP contribution >= 0.6 is 0 Å². The Morgan fingerprint density at radius 3 is 2.59 bits per heavy atom. The second kappa shape index (κ2) is 6.30. The van der Waals surface area contributed by atoms with E-state index in [1.54, 1.807) is 0 Å². The van der Waals surface area contributed by atoms with Crippen molar-refractivity contribution in [2.45, 2.75) is 33.7 Å². The molecular weight excluding hydrogens is 216 g/mol. The third kappa shape index (κ3) is 4.48. The number of furan rings is 1. The minimum absolute atomic E-state index is 0.0330. The number of nitrogens with one attached hydrogen (secondary N) is 2. The summed E-state index contributed by atoms with van der Waals surface area (Å²) < 4.78 is 5.53. The van der Waals surface area contributed by atoms with E-state index in [2.05, 4.69) is 29.6 Å². The summed E-state index contributed by atoms with van der Waals surface area (Å²) in [7, 11) is 0. The predicted molar refractivity (Wildman–Crippen MR) is 69.5 cm³/mol. The van der Waals surface area contributed by atoms with Crippen molar-refractivity contribution in [2.75, 3.05) is 6.54 Å². The van der Waals surface area contributed by atoms with Gasteiger partial charge >= 0.3 is 0 Å². The van der Waals surface area contributed by atoms with Gasteiger partial charge in [0.25, 0.3) is 0 Å². The molecular formula is C12H22N4O. The van der Waals surface area contributed by atoms with E-state index in [1.165, 1.54) is 0 Å². The quantitative estimate of drug-likeness (QED) is 0.323. The van der Waals surface area contributed by atoms with E-state index in [1.807, 2.05) is 26.0 Å². The van der Waals surface area contributed by atoms with Gasteiger partial charge in [-0.15, -0.1) is 0 Å². The van der Waals surface area contributed by atoms with Gasteiger partial charge < -0.3 is 9.73 Å². The maximum Gasteiger partial charge on any atom is 0.206 e. The monoisotopic (exact) mass is 238 g/mol. The molecule has 5 heteroatoms. The van der Waals surface area contributed by atoms with Gasteiger partial charge in [0.15, 0.2) is 0 Å². The molecule has 0 bridgehead atoms. The lowest BCUT2D eigenvalue weighted by Gasteiger charge is -2.15. The van der Waals surface area contributed by atoms with Crippen LogP contribution in [0.15, 0.2) is 21.5 Å². The Morgan fingerprint density at radius 1 is 1.41 bits per heavy atom. The van der Waals surface area contributed by atoms with Gasteiger partial charge in [-0.25, -0.2) is 5.84 Å². The molecule has 0 spiro atoms. The lowest BCUT2D eigenvalue weighted by molar-refractivity contribution is 0.441. The molecule has 0 aliphatic rings. The molecule has 0 amide bonds. The van der Waals surface area contributed by atoms with E-state index in [-0.39, 0.29) is 6.04 Å². The van der Waals surface area contributed by atoms with Crippen LogP contribution in [-0.4, -0.2) is 12.5 Å². The highest BCUT2D eigenvalue weighted by molar-refractivity contribution is 5.79. The van der Waals surface area contributed by atoms with E-state index < -0.39 is 0 Å². The summed E-state index contributed by atoms with van der Waals surface area (Å²) in [5, 5.41) is 3.17. The summed E-state index contributed by atoms with van der Waals surface area (Å²) in [6, 6.07) is 3.92. The largest absolute Gasteiger partial charge is 0.464 e. The van der Waals surface area contributed by atoms with Crippen molar-refractivity contribution in [2.24, 2.45) is 16.8 Å². The molecule has 4 N–H and O–H groups in total. The number of rotatable bonds is 4. The Bertz CT molecular complexity index is 370. The minimum atomic E-state index is 0.0330. The van der Waals surface area contributed by atoms with Crippen LogP contribution in [0.3, 0.4) is 0 Å². The molecule has 0 aliphatic heterocycles. The maximum atomic E-state index is 5.53. The van der Waals surface area contributed by atoms with E-state index in [4.69, 9.17) is 10.3 Å². The van der Waals surface area contributed by atoms with E-state index in [9.17, 15) is 0 Å². The van der Waals surface area contributed by atoms with E-state index >= 15 is 0 Å². The highest BCUT2D eigenvalue weighted by Crippen LogP contribution is 2.15. The third-order valence-corrected chi connectivity index (χ3v) is 2.29. The molecule has 0 radical (unpaired) electrons. The first-order chi connectivity index (χ1) is 8.02. The first-order valence-electron chi connectivity index (χ1n) is 5.87. The van der Waals surface area contributed by atoms with E-state index in [0.29, 0.717) is 11.9 Å². The molecule has 1 atom stereocenters. The number of hydrogen-bond acceptors (Lipinski definition) is 3. The summed E-state index contributed by atoms with van der Waals surface area (Å²) in [5.41, 5.74) is 2.56. The van der Waals surface area contributed by atoms with Crippen LogP contribution in [-0.2, 0) is 0 Å². The van der Waals surface area contributed by atoms with Crippen LogP contribution in [0.4, 0.5) is 0 Å². The van der Waals surface area contributed by atoms with Crippen LogP contribution in [0.5, 0.6) is 0 Å². The Balaban J connectivity index is 2.59. The fourth-order valence-corrected chi connectivity index (χ4v) is 1.37. The molecule has 1 aromatic rings. The lowest BCUT2D eigenvalue weighted by Crippen LogP contribution is -2.42. The topological polar surface area (TPSA) is 75.6 Å². The fourth-order valence-electron chi connectivity index (χ4n) is 1.37. The van der Waals surface area contributed by atoms with Crippen LogP contribution in [0.2, 0.25) is 0 Å². The van der Waals surface area contributed by atoms with Gasteiger partial charge in [-0.2, -0.15) is 0 Å². The third-order valence-electron chi connectivity index (χ3n) is 2.29. The summed E-state index contributed by atoms with van der Waals surface area (Å²) in [6.45, 7) is 8.87. The molecule has 5 nitrogen and oxygen atoms in total. The highest BCUT2D eigenvalue weighted by atomic mass is 16.3. The standard InChI is InChI=1S/C12H22N4O/c1-8(2)7-14-12(16-13)15-10(4)11-6-5-9(3)17-11/h5-6,8,10H,7,13H2,1-4H3,(H2,14,15,16). The van der Waals surface area contributed by atoms with Gasteiger partial charge in [-0.1, -0.05) is 13.8 Å². The van der Waals surface area contributed by atoms with Crippen molar-refractivity contribution in [3.8, 4) is 0 Å². The van der Waals surface area contributed by atoms with Gasteiger partial charge in [-0.05, 0) is 31.9 Å². The Labute approximate surface area is 102 Å². The number of aliphatic imine (C=N–C) groups is 1. The Morgan fingerprint density at radius 2 is 2.12 bits per heavy atom. The number of hydrazine groups is 1. The fraction of sp³-hybridized carbons (Fsp3) is 0.583. The maximum absolute atomic E-state index is 5.53. The van der Waals surface area contributed by atoms with Crippen LogP contribution in [0.25, 0.3) is 0 Å². The number of nitrogens with zero attached hydrogens (tertiary/aromatic N) is 1. The molecule has 0 aromatic carbocycles. The molecule has 1 heterocycles. The number of guanidine groups is 1. The second-order valence-corrected chi connectivity index (χ2v) is 4.54. The van der Waals surface area contributed by atoms with Crippen molar-refractivity contribution in [1.82, 2.24) is 10.7 Å². The molecule has 0 aliphatic carbocycles. The number of hydrogen-bond donors (Lipinski definition) is 3. The highest BCUT2D eigenvalue weighted by Gasteiger charge is 2.10. The van der Waals surface area contributed by atoms with Crippen molar-refractivity contribution in [3.05, 3.63) is 23.7 Å². The molecule has 1 rings (SSSR count). The molecule has 1 aromatic heterocycles. The van der Waals surface area contributed by atoms with Gasteiger partial charge in [0.1, 0.15) is 11.5 Å². The Kier molecular flexibility index (Phi) is 5.03. The first kappa shape index (κ1) is 13.6. The lowest BCUT2D eigenvalue weighted by atomic mass is 10.2. The average Bonchev–Trinajstić information content (AvgIpc) is 2.70. The zero-order valence-corrected chi connectivity index (χ0v) is 10.9. The molecule has 0 saturated carbocycles. The predicted octanol–water partition coefficient (Wildman–Crippen LogP) is 1.71. The normalized spacial score (nSPS) is 13.9. The smallest absolute Gasteiger partial charge is 0.206 e. The van der Waals surface area contributed by atoms with Gasteiger partial charge in [0, 0.05) is 6.54 Å². The van der Waals surface area contributed by atoms with Crippen LogP contribution < -0.4 is 16.6 Å². The molecule has 17 heavy (non-hydrogen) atoms. The SMILES string of the molecule is Cc1ccc(C(C)NC(=NCC(C)C)NN)o1. The molecule has 0 fully saturated rings. The summed E-state index contributed by atoms with van der Waals surface area (Å²) >= 11 is 0. The van der Waals surface area contributed by atoms with Crippen LogP contribution in [0, 0.1) is 12.8 Å². The van der Waals surface area contributed by atoms with Gasteiger partial charge in [0.2, 0.25) is 5.96 Å². The van der Waals surface area contributed by atoms with Crippen molar-refractivity contribution >= 4 is 5.96 Å². The number of aryl methyl sites for hydroxylation is 1. The number of nitrogens with two attached hydrogens (primary N) is 1. The average molecular weight is 238 g/mol. The minimum Gasteiger partial charge on any atom is -0.464 e. The van der Waals surface area contributed by atoms with Gasteiger partial charge in [0.05, 0.1) is 6.04 Å². The molecule has 0 saturated heterocycles. The van der Waals surface area contributed by atoms with Crippen molar-refractivity contribution in [3.63, 3.8) is 0 Å². The van der Waals surface area contributed by atoms with Crippen molar-refractivity contribution in [1.29, 1.82) is 0 Å². The van der Waals surface area contributed by atoms with Crippen LogP contribution in [0.1, 0.15) is 38.3 Å². The summed E-state index contributed by atoms with van der Waals surface area (Å²) in [5.74, 6) is 8.27. The zero-order chi connectivity index (χ0) is 12.8. The molecule has 1 unspecified atom stereocenters. The Hall–Kier alpha value is -1.49. The zero-order valence-electron chi connectivity index (χ0n) is 10.9. The second-order valence-electron chi connectivity index (χ2n) is 4.54. The van der Waals surface area contributed by atoms with Gasteiger partial charge in [-0.3, -0.25) is 10.4 Å². The molecule has 96 valence electrons. The summed E-state index contributed by atoms with van der Waals surface area (Å²) in [6.07, 6.45) is 0. The van der Waals surface area contributed by atoms with Crippen molar-refractivity contribution < 1.29 is 4.42 Å².